The minimum Gasteiger partial charge on any atom is -0.504 e. The van der Waals surface area contributed by atoms with Gasteiger partial charge in [0.25, 0.3) is 0 Å². The monoisotopic (exact) mass is 588 g/mol. The number of carbonyl (C=O) groups excluding carboxylic acids is 1. The Bertz CT molecular complexity index is 1330. The highest BCUT2D eigenvalue weighted by Gasteiger charge is 2.70. The van der Waals surface area contributed by atoms with Gasteiger partial charge in [-0.3, -0.25) is 0 Å². The molecule has 4 nitrogen and oxygen atoms in total. The molecule has 5 aliphatic carbocycles. The molecule has 0 saturated heterocycles. The van der Waals surface area contributed by atoms with Crippen molar-refractivity contribution in [3.05, 3.63) is 42.0 Å². The smallest absolute Gasteiger partial charge is 0.331 e. The lowest BCUT2D eigenvalue weighted by Gasteiger charge is -2.73. The molecule has 0 aromatic heterocycles. The fraction of sp³-hybridized carbons (Fsp3) is 0.718. The number of allylic oxidation sites excluding steroid dienone is 1. The van der Waals surface area contributed by atoms with Gasteiger partial charge >= 0.3 is 5.97 Å². The number of rotatable bonds is 4. The van der Waals surface area contributed by atoms with Crippen LogP contribution in [0.15, 0.2) is 36.4 Å². The van der Waals surface area contributed by atoms with Crippen LogP contribution >= 0.6 is 0 Å². The topological polar surface area (TPSA) is 66.8 Å². The number of benzene rings is 1. The number of esters is 1. The maximum Gasteiger partial charge on any atom is 0.331 e. The summed E-state index contributed by atoms with van der Waals surface area (Å²) in [7, 11) is 0. The quantitative estimate of drug-likeness (QED) is 0.159. The average molecular weight is 589 g/mol. The van der Waals surface area contributed by atoms with Gasteiger partial charge in [-0.25, -0.2) is 4.79 Å². The summed E-state index contributed by atoms with van der Waals surface area (Å²) in [6.45, 7) is 22.1. The van der Waals surface area contributed by atoms with Crippen LogP contribution in [0, 0.1) is 56.7 Å². The minimum atomic E-state index is -0.336. The SMILES string of the molecule is C=C(C)[C@@H]1CC[C@]2(C)CC[C@]3(C)[C@H](CC[C@@H]4[C@@]5(C)CCC(OC(=O)/C=C/c6ccc(O)c(O)c6)C(C)(C)[C@@H]5CC[C@]43C)[C@@H]12. The zero-order valence-corrected chi connectivity index (χ0v) is 27.8. The largest absolute Gasteiger partial charge is 0.504 e. The molecule has 236 valence electrons. The standard InChI is InChI=1S/C39H56O4/c1-24(2)26-15-18-36(5)21-22-38(7)27(34(26)36)11-13-31-37(6)19-17-32(35(3,4)30(37)16-20-39(31,38)8)43-33(42)14-10-25-9-12-28(40)29(41)23-25/h9-10,12,14,23,26-27,30-32,34,40-41H,1,11,13,15-22H2,2-8H3/b14-10+/t26-,27+,30-,31+,32?,34+,36+,37-,38+,39+/m0/s1. The lowest BCUT2D eigenvalue weighted by Crippen LogP contribution is -2.66. The van der Waals surface area contributed by atoms with E-state index in [1.54, 1.807) is 12.1 Å². The number of fused-ring (bicyclic) bond motifs is 7. The molecular weight excluding hydrogens is 532 g/mol. The van der Waals surface area contributed by atoms with Crippen molar-refractivity contribution in [2.24, 2.45) is 56.7 Å². The number of phenolic OH excluding ortho intramolecular Hbond substituents is 2. The van der Waals surface area contributed by atoms with Crippen LogP contribution in [0.5, 0.6) is 11.5 Å². The predicted molar refractivity (Wildman–Crippen MR) is 173 cm³/mol. The van der Waals surface area contributed by atoms with Gasteiger partial charge < -0.3 is 14.9 Å². The first-order valence-electron chi connectivity index (χ1n) is 17.1. The van der Waals surface area contributed by atoms with E-state index < -0.39 is 0 Å². The molecule has 1 aromatic carbocycles. The van der Waals surface area contributed by atoms with Crippen molar-refractivity contribution in [3.63, 3.8) is 0 Å². The number of phenols is 2. The molecule has 0 spiro atoms. The van der Waals surface area contributed by atoms with Crippen LogP contribution < -0.4 is 0 Å². The number of carbonyl (C=O) groups is 1. The zero-order chi connectivity index (χ0) is 31.2. The average Bonchev–Trinajstić information content (AvgIpc) is 3.29. The van der Waals surface area contributed by atoms with Gasteiger partial charge in [-0.15, -0.1) is 0 Å². The molecule has 0 aliphatic heterocycles. The van der Waals surface area contributed by atoms with Gasteiger partial charge in [0.2, 0.25) is 0 Å². The summed E-state index contributed by atoms with van der Waals surface area (Å²) in [6, 6.07) is 4.54. The highest BCUT2D eigenvalue weighted by molar-refractivity contribution is 5.87. The molecule has 2 N–H and O–H groups in total. The van der Waals surface area contributed by atoms with Crippen LogP contribution in [0.4, 0.5) is 0 Å². The predicted octanol–water partition coefficient (Wildman–Crippen LogP) is 9.70. The van der Waals surface area contributed by atoms with Crippen LogP contribution in [0.3, 0.4) is 0 Å². The maximum absolute atomic E-state index is 13.0. The molecule has 10 atom stereocenters. The fourth-order valence-corrected chi connectivity index (χ4v) is 12.7. The molecule has 5 aliphatic rings. The maximum atomic E-state index is 13.0. The lowest BCUT2D eigenvalue weighted by atomic mass is 9.32. The van der Waals surface area contributed by atoms with Crippen molar-refractivity contribution < 1.29 is 19.7 Å². The Hall–Kier alpha value is -2.23. The summed E-state index contributed by atoms with van der Waals surface area (Å²) >= 11 is 0. The van der Waals surface area contributed by atoms with Gasteiger partial charge in [0.1, 0.15) is 6.10 Å². The van der Waals surface area contributed by atoms with Crippen molar-refractivity contribution in [1.82, 2.24) is 0 Å². The number of aromatic hydroxyl groups is 2. The first kappa shape index (κ1) is 30.8. The van der Waals surface area contributed by atoms with Crippen LogP contribution in [-0.4, -0.2) is 22.3 Å². The van der Waals surface area contributed by atoms with Gasteiger partial charge in [-0.2, -0.15) is 0 Å². The Kier molecular flexibility index (Phi) is 7.26. The van der Waals surface area contributed by atoms with E-state index in [1.165, 1.54) is 75.1 Å². The van der Waals surface area contributed by atoms with Crippen molar-refractivity contribution >= 4 is 12.0 Å². The first-order valence-corrected chi connectivity index (χ1v) is 17.1. The molecule has 0 heterocycles. The van der Waals surface area contributed by atoms with Crippen molar-refractivity contribution in [2.75, 3.05) is 0 Å². The molecule has 43 heavy (non-hydrogen) atoms. The Labute approximate surface area is 260 Å². The molecule has 0 amide bonds. The molecule has 5 fully saturated rings. The van der Waals surface area contributed by atoms with Crippen LogP contribution in [0.1, 0.15) is 118 Å². The highest BCUT2D eigenvalue weighted by Crippen LogP contribution is 2.77. The van der Waals surface area contributed by atoms with E-state index in [2.05, 4.69) is 55.0 Å². The first-order chi connectivity index (χ1) is 20.1. The van der Waals surface area contributed by atoms with Gasteiger partial charge in [-0.05, 0) is 146 Å². The molecule has 6 rings (SSSR count). The second kappa shape index (κ2) is 10.1. The Morgan fingerprint density at radius 1 is 0.860 bits per heavy atom. The second-order valence-electron chi connectivity index (χ2n) is 17.2. The van der Waals surface area contributed by atoms with E-state index in [0.717, 1.165) is 24.7 Å². The normalized spacial score (nSPS) is 45.0. The van der Waals surface area contributed by atoms with E-state index in [9.17, 15) is 15.0 Å². The van der Waals surface area contributed by atoms with E-state index in [-0.39, 0.29) is 34.4 Å². The fourth-order valence-electron chi connectivity index (χ4n) is 12.7. The van der Waals surface area contributed by atoms with Crippen molar-refractivity contribution in [2.45, 2.75) is 119 Å². The van der Waals surface area contributed by atoms with E-state index >= 15 is 0 Å². The summed E-state index contributed by atoms with van der Waals surface area (Å²) in [6.07, 6.45) is 15.6. The molecule has 0 radical (unpaired) electrons. The van der Waals surface area contributed by atoms with E-state index in [1.807, 2.05) is 0 Å². The molecule has 0 bridgehead atoms. The third kappa shape index (κ3) is 4.46. The Morgan fingerprint density at radius 2 is 1.60 bits per heavy atom. The molecule has 1 unspecified atom stereocenters. The third-order valence-electron chi connectivity index (χ3n) is 15.1. The molecule has 5 saturated carbocycles. The summed E-state index contributed by atoms with van der Waals surface area (Å²) in [5, 5.41) is 19.4. The Morgan fingerprint density at radius 3 is 2.30 bits per heavy atom. The number of hydrogen-bond donors (Lipinski definition) is 2. The Balaban J connectivity index is 1.22. The minimum absolute atomic E-state index is 0.103. The summed E-state index contributed by atoms with van der Waals surface area (Å²) in [4.78, 5) is 13.0. The summed E-state index contributed by atoms with van der Waals surface area (Å²) in [5.74, 6) is 2.79. The summed E-state index contributed by atoms with van der Waals surface area (Å²) in [5.41, 5.74) is 3.40. The van der Waals surface area contributed by atoms with E-state index in [4.69, 9.17) is 4.74 Å². The van der Waals surface area contributed by atoms with Gasteiger partial charge in [0.15, 0.2) is 11.5 Å². The van der Waals surface area contributed by atoms with Crippen molar-refractivity contribution in [3.8, 4) is 11.5 Å². The second-order valence-corrected chi connectivity index (χ2v) is 17.2. The highest BCUT2D eigenvalue weighted by atomic mass is 16.5. The lowest BCUT2D eigenvalue weighted by molar-refractivity contribution is -0.248. The molecule has 1 aromatic rings. The van der Waals surface area contributed by atoms with Crippen LogP contribution in [0.2, 0.25) is 0 Å². The van der Waals surface area contributed by atoms with Gasteiger partial charge in [0, 0.05) is 11.5 Å². The summed E-state index contributed by atoms with van der Waals surface area (Å²) < 4.78 is 6.19. The van der Waals surface area contributed by atoms with E-state index in [0.29, 0.717) is 39.6 Å². The zero-order valence-electron chi connectivity index (χ0n) is 27.8. The number of ether oxygens (including phenoxy) is 1. The van der Waals surface area contributed by atoms with Crippen LogP contribution in [-0.2, 0) is 9.53 Å². The van der Waals surface area contributed by atoms with Gasteiger partial charge in [0.05, 0.1) is 0 Å². The third-order valence-corrected chi connectivity index (χ3v) is 15.1. The van der Waals surface area contributed by atoms with Gasteiger partial charge in [-0.1, -0.05) is 59.8 Å². The molecular formula is C39H56O4. The van der Waals surface area contributed by atoms with Crippen LogP contribution in [0.25, 0.3) is 6.08 Å². The number of hydrogen-bond acceptors (Lipinski definition) is 4. The molecule has 4 heteroatoms. The van der Waals surface area contributed by atoms with Crippen molar-refractivity contribution in [1.29, 1.82) is 0 Å².